The van der Waals surface area contributed by atoms with Crippen LogP contribution in [0.3, 0.4) is 0 Å². The van der Waals surface area contributed by atoms with Crippen molar-refractivity contribution in [1.82, 2.24) is 9.80 Å². The van der Waals surface area contributed by atoms with Crippen LogP contribution in [-0.2, 0) is 17.6 Å². The van der Waals surface area contributed by atoms with Crippen molar-refractivity contribution in [2.75, 3.05) is 39.8 Å². The van der Waals surface area contributed by atoms with Gasteiger partial charge in [0.25, 0.3) is 0 Å². The molecule has 3 heterocycles. The maximum absolute atomic E-state index is 12.5. The standard InChI is InChI=1S/C18H22N2O3/c1-19-4-6-20(7-5-19)18(21)10-14-12-23-17-11-16-13(9-15(14)17)3-2-8-22-16/h9,11-12H,2-8,10H2,1H3. The first kappa shape index (κ1) is 14.6. The van der Waals surface area contributed by atoms with Crippen molar-refractivity contribution in [3.8, 4) is 5.75 Å². The Labute approximate surface area is 135 Å². The van der Waals surface area contributed by atoms with Crippen LogP contribution >= 0.6 is 0 Å². The fourth-order valence-electron chi connectivity index (χ4n) is 3.39. The average Bonchev–Trinajstić information content (AvgIpc) is 2.95. The van der Waals surface area contributed by atoms with Gasteiger partial charge in [0.1, 0.15) is 11.3 Å². The van der Waals surface area contributed by atoms with Crippen LogP contribution in [0.25, 0.3) is 11.0 Å². The number of carbonyl (C=O) groups excluding carboxylic acids is 1. The molecule has 0 bridgehead atoms. The number of nitrogens with zero attached hydrogens (tertiary/aromatic N) is 2. The van der Waals surface area contributed by atoms with E-state index in [1.54, 1.807) is 6.26 Å². The molecule has 2 aliphatic rings. The number of likely N-dealkylation sites (N-methyl/N-ethyl adjacent to an activating group) is 1. The number of amides is 1. The average molecular weight is 314 g/mol. The summed E-state index contributed by atoms with van der Waals surface area (Å²) in [7, 11) is 2.09. The molecule has 0 unspecified atom stereocenters. The van der Waals surface area contributed by atoms with Gasteiger partial charge >= 0.3 is 0 Å². The molecule has 0 atom stereocenters. The minimum atomic E-state index is 0.190. The Morgan fingerprint density at radius 2 is 2.04 bits per heavy atom. The summed E-state index contributed by atoms with van der Waals surface area (Å²) in [4.78, 5) is 16.8. The molecule has 1 saturated heterocycles. The first-order valence-corrected chi connectivity index (χ1v) is 8.33. The van der Waals surface area contributed by atoms with E-state index < -0.39 is 0 Å². The Balaban J connectivity index is 1.56. The van der Waals surface area contributed by atoms with Crippen molar-refractivity contribution in [1.29, 1.82) is 0 Å². The molecular formula is C18H22N2O3. The molecule has 5 nitrogen and oxygen atoms in total. The first-order chi connectivity index (χ1) is 11.2. The number of carbonyl (C=O) groups is 1. The molecule has 4 rings (SSSR count). The van der Waals surface area contributed by atoms with Crippen LogP contribution in [0, 0.1) is 0 Å². The van der Waals surface area contributed by atoms with Gasteiger partial charge in [0, 0.05) is 43.2 Å². The predicted octanol–water partition coefficient (Wildman–Crippen LogP) is 2.07. The second-order valence-corrected chi connectivity index (χ2v) is 6.53. The van der Waals surface area contributed by atoms with Crippen molar-refractivity contribution in [3.63, 3.8) is 0 Å². The van der Waals surface area contributed by atoms with Crippen molar-refractivity contribution in [2.24, 2.45) is 0 Å². The molecule has 1 fully saturated rings. The summed E-state index contributed by atoms with van der Waals surface area (Å²) in [5.74, 6) is 1.12. The number of fused-ring (bicyclic) bond motifs is 2. The summed E-state index contributed by atoms with van der Waals surface area (Å²) >= 11 is 0. The molecule has 1 aromatic carbocycles. The van der Waals surface area contributed by atoms with Crippen LogP contribution in [0.15, 0.2) is 22.8 Å². The molecule has 5 heteroatoms. The topological polar surface area (TPSA) is 45.9 Å². The van der Waals surface area contributed by atoms with E-state index in [1.807, 2.05) is 11.0 Å². The number of hydrogen-bond donors (Lipinski definition) is 0. The zero-order chi connectivity index (χ0) is 15.8. The normalized spacial score (nSPS) is 18.7. The van der Waals surface area contributed by atoms with Gasteiger partial charge in [-0.15, -0.1) is 0 Å². The highest BCUT2D eigenvalue weighted by molar-refractivity contribution is 5.89. The van der Waals surface area contributed by atoms with Crippen LogP contribution in [0.5, 0.6) is 5.75 Å². The maximum Gasteiger partial charge on any atom is 0.227 e. The number of furan rings is 1. The molecule has 2 aromatic rings. The third kappa shape index (κ3) is 2.81. The lowest BCUT2D eigenvalue weighted by atomic mass is 10.0. The van der Waals surface area contributed by atoms with Gasteiger partial charge in [0.2, 0.25) is 5.91 Å². The molecule has 0 N–H and O–H groups in total. The van der Waals surface area contributed by atoms with Crippen molar-refractivity contribution in [3.05, 3.63) is 29.5 Å². The van der Waals surface area contributed by atoms with E-state index >= 15 is 0 Å². The van der Waals surface area contributed by atoms with Gasteiger partial charge in [-0.2, -0.15) is 0 Å². The lowest BCUT2D eigenvalue weighted by Gasteiger charge is -2.32. The molecule has 0 spiro atoms. The van der Waals surface area contributed by atoms with E-state index in [9.17, 15) is 4.79 Å². The largest absolute Gasteiger partial charge is 0.493 e. The SMILES string of the molecule is CN1CCN(C(=O)Cc2coc3cc4c(cc23)CCCO4)CC1. The van der Waals surface area contributed by atoms with Crippen LogP contribution in [0.1, 0.15) is 17.5 Å². The molecule has 0 aliphatic carbocycles. The minimum Gasteiger partial charge on any atom is -0.493 e. The van der Waals surface area contributed by atoms with Gasteiger partial charge < -0.3 is 19.0 Å². The first-order valence-electron chi connectivity index (χ1n) is 8.33. The Morgan fingerprint density at radius 3 is 2.87 bits per heavy atom. The molecule has 1 aromatic heterocycles. The van der Waals surface area contributed by atoms with Crippen molar-refractivity contribution >= 4 is 16.9 Å². The van der Waals surface area contributed by atoms with Crippen molar-refractivity contribution < 1.29 is 13.9 Å². The summed E-state index contributed by atoms with van der Waals surface area (Å²) in [6.45, 7) is 4.29. The van der Waals surface area contributed by atoms with Gasteiger partial charge in [0.15, 0.2) is 0 Å². The fraction of sp³-hybridized carbons (Fsp3) is 0.500. The zero-order valence-corrected chi connectivity index (χ0v) is 13.5. The number of benzene rings is 1. The van der Waals surface area contributed by atoms with Gasteiger partial charge in [-0.3, -0.25) is 4.79 Å². The Bertz CT molecular complexity index is 729. The van der Waals surface area contributed by atoms with Crippen LogP contribution < -0.4 is 4.74 Å². The Morgan fingerprint density at radius 1 is 1.22 bits per heavy atom. The van der Waals surface area contributed by atoms with Crippen LogP contribution in [0.4, 0.5) is 0 Å². The Hall–Kier alpha value is -2.01. The Kier molecular flexibility index (Phi) is 3.73. The van der Waals surface area contributed by atoms with E-state index in [4.69, 9.17) is 9.15 Å². The third-order valence-corrected chi connectivity index (χ3v) is 4.88. The van der Waals surface area contributed by atoms with E-state index in [-0.39, 0.29) is 5.91 Å². The molecule has 2 aliphatic heterocycles. The van der Waals surface area contributed by atoms with E-state index in [0.29, 0.717) is 6.42 Å². The smallest absolute Gasteiger partial charge is 0.227 e. The van der Waals surface area contributed by atoms with Gasteiger partial charge in [-0.25, -0.2) is 0 Å². The van der Waals surface area contributed by atoms with Crippen molar-refractivity contribution in [2.45, 2.75) is 19.3 Å². The van der Waals surface area contributed by atoms with Crippen LogP contribution in [0.2, 0.25) is 0 Å². The van der Waals surface area contributed by atoms with Gasteiger partial charge in [-0.1, -0.05) is 0 Å². The van der Waals surface area contributed by atoms with Crippen LogP contribution in [-0.4, -0.2) is 55.5 Å². The summed E-state index contributed by atoms with van der Waals surface area (Å²) in [5, 5.41) is 1.05. The monoisotopic (exact) mass is 314 g/mol. The highest BCUT2D eigenvalue weighted by Crippen LogP contribution is 2.32. The molecular weight excluding hydrogens is 292 g/mol. The lowest BCUT2D eigenvalue weighted by molar-refractivity contribution is -0.132. The highest BCUT2D eigenvalue weighted by Gasteiger charge is 2.21. The zero-order valence-electron chi connectivity index (χ0n) is 13.5. The molecule has 23 heavy (non-hydrogen) atoms. The molecule has 0 saturated carbocycles. The molecule has 122 valence electrons. The second-order valence-electron chi connectivity index (χ2n) is 6.53. The minimum absolute atomic E-state index is 0.190. The quantitative estimate of drug-likeness (QED) is 0.851. The number of aryl methyl sites for hydroxylation is 1. The lowest BCUT2D eigenvalue weighted by Crippen LogP contribution is -2.47. The van der Waals surface area contributed by atoms with E-state index in [1.165, 1.54) is 5.56 Å². The number of hydrogen-bond acceptors (Lipinski definition) is 4. The second kappa shape index (κ2) is 5.89. The maximum atomic E-state index is 12.5. The fourth-order valence-corrected chi connectivity index (χ4v) is 3.39. The van der Waals surface area contributed by atoms with Gasteiger partial charge in [-0.05, 0) is 31.5 Å². The van der Waals surface area contributed by atoms with E-state index in [2.05, 4.69) is 18.0 Å². The number of piperazine rings is 1. The number of rotatable bonds is 2. The number of ether oxygens (including phenoxy) is 1. The predicted molar refractivity (Wildman–Crippen MR) is 87.8 cm³/mol. The summed E-state index contributed by atoms with van der Waals surface area (Å²) in [6, 6.07) is 4.10. The van der Waals surface area contributed by atoms with E-state index in [0.717, 1.165) is 67.9 Å². The summed E-state index contributed by atoms with van der Waals surface area (Å²) < 4.78 is 11.3. The summed E-state index contributed by atoms with van der Waals surface area (Å²) in [5.41, 5.74) is 3.02. The summed E-state index contributed by atoms with van der Waals surface area (Å²) in [6.07, 6.45) is 4.22. The molecule has 1 amide bonds. The highest BCUT2D eigenvalue weighted by atomic mass is 16.5. The molecule has 0 radical (unpaired) electrons. The third-order valence-electron chi connectivity index (χ3n) is 4.88. The van der Waals surface area contributed by atoms with Gasteiger partial charge in [0.05, 0.1) is 19.3 Å².